The van der Waals surface area contributed by atoms with Crippen LogP contribution in [0.15, 0.2) is 47.8 Å². The summed E-state index contributed by atoms with van der Waals surface area (Å²) in [7, 11) is 0. The third kappa shape index (κ3) is 4.01. The zero-order chi connectivity index (χ0) is 16.9. The smallest absolute Gasteiger partial charge is 0.272 e. The summed E-state index contributed by atoms with van der Waals surface area (Å²) in [5, 5.41) is 14.5. The predicted octanol–water partition coefficient (Wildman–Crippen LogP) is 3.16. The van der Waals surface area contributed by atoms with Gasteiger partial charge in [0.15, 0.2) is 5.69 Å². The highest BCUT2D eigenvalue weighted by Gasteiger charge is 2.13. The van der Waals surface area contributed by atoms with Gasteiger partial charge in [-0.2, -0.15) is 5.10 Å². The van der Waals surface area contributed by atoms with Gasteiger partial charge in [0.05, 0.1) is 17.1 Å². The van der Waals surface area contributed by atoms with Gasteiger partial charge in [0.25, 0.3) is 5.91 Å². The molecule has 0 aliphatic carbocycles. The first kappa shape index (κ1) is 16.2. The summed E-state index contributed by atoms with van der Waals surface area (Å²) in [6, 6.07) is 12.2. The van der Waals surface area contributed by atoms with Gasteiger partial charge in [0, 0.05) is 10.7 Å². The van der Waals surface area contributed by atoms with E-state index in [2.05, 4.69) is 20.8 Å². The Morgan fingerprint density at radius 3 is 2.71 bits per heavy atom. The van der Waals surface area contributed by atoms with E-state index in [1.165, 1.54) is 0 Å². The van der Waals surface area contributed by atoms with Crippen LogP contribution in [0.5, 0.6) is 0 Å². The Hall–Kier alpha value is -2.64. The molecule has 6 nitrogen and oxygen atoms in total. The molecule has 0 bridgehead atoms. The van der Waals surface area contributed by atoms with Crippen molar-refractivity contribution >= 4 is 40.4 Å². The molecular formula is C16H13ClN4O2S. The second kappa shape index (κ2) is 7.29. The van der Waals surface area contributed by atoms with Gasteiger partial charge in [-0.1, -0.05) is 17.7 Å². The Bertz CT molecular complexity index is 843. The lowest BCUT2D eigenvalue weighted by molar-refractivity contribution is -0.115. The molecular weight excluding hydrogens is 348 g/mol. The van der Waals surface area contributed by atoms with Crippen LogP contribution in [0.1, 0.15) is 10.5 Å². The third-order valence-corrected chi connectivity index (χ3v) is 4.29. The van der Waals surface area contributed by atoms with Crippen molar-refractivity contribution in [2.45, 2.75) is 0 Å². The molecule has 0 unspecified atom stereocenters. The van der Waals surface area contributed by atoms with Crippen LogP contribution in [0.2, 0.25) is 5.02 Å². The Kier molecular flexibility index (Phi) is 4.93. The van der Waals surface area contributed by atoms with Crippen LogP contribution in [0, 0.1) is 0 Å². The van der Waals surface area contributed by atoms with Crippen LogP contribution >= 0.6 is 22.9 Å². The van der Waals surface area contributed by atoms with E-state index >= 15 is 0 Å². The molecule has 0 saturated heterocycles. The highest BCUT2D eigenvalue weighted by molar-refractivity contribution is 7.13. The zero-order valence-electron chi connectivity index (χ0n) is 12.4. The summed E-state index contributed by atoms with van der Waals surface area (Å²) in [6.07, 6.45) is 0. The number of halogens is 1. The lowest BCUT2D eigenvalue weighted by Crippen LogP contribution is -2.33. The number of anilines is 1. The number of nitrogens with one attached hydrogen (secondary N) is 3. The number of aromatic nitrogens is 2. The molecule has 0 fully saturated rings. The number of rotatable bonds is 5. The number of H-pyrrole nitrogens is 1. The fourth-order valence-electron chi connectivity index (χ4n) is 1.99. The van der Waals surface area contributed by atoms with Crippen molar-refractivity contribution in [1.29, 1.82) is 0 Å². The summed E-state index contributed by atoms with van der Waals surface area (Å²) in [5.41, 5.74) is 1.61. The highest BCUT2D eigenvalue weighted by atomic mass is 35.5. The molecule has 0 radical (unpaired) electrons. The minimum atomic E-state index is -0.416. The highest BCUT2D eigenvalue weighted by Crippen LogP contribution is 2.22. The van der Waals surface area contributed by atoms with E-state index in [1.807, 2.05) is 17.5 Å². The molecule has 0 saturated carbocycles. The fraction of sp³-hybridized carbons (Fsp3) is 0.0625. The molecule has 2 amide bonds. The van der Waals surface area contributed by atoms with Gasteiger partial charge in [-0.25, -0.2) is 0 Å². The largest absolute Gasteiger partial charge is 0.342 e. The molecule has 0 aliphatic heterocycles. The monoisotopic (exact) mass is 360 g/mol. The van der Waals surface area contributed by atoms with Crippen LogP contribution < -0.4 is 10.6 Å². The number of carbonyl (C=O) groups excluding carboxylic acids is 2. The van der Waals surface area contributed by atoms with Gasteiger partial charge in [0.2, 0.25) is 5.91 Å². The molecule has 0 atom stereocenters. The molecule has 3 N–H and O–H groups in total. The number of thiophene rings is 1. The predicted molar refractivity (Wildman–Crippen MR) is 94.3 cm³/mol. The van der Waals surface area contributed by atoms with Crippen LogP contribution in [-0.4, -0.2) is 28.6 Å². The first-order valence-corrected chi connectivity index (χ1v) is 8.30. The maximum atomic E-state index is 12.0. The van der Waals surface area contributed by atoms with Crippen molar-refractivity contribution in [3.8, 4) is 10.6 Å². The molecule has 3 rings (SSSR count). The molecule has 2 aromatic heterocycles. The Balaban J connectivity index is 1.53. The minimum absolute atomic E-state index is 0.150. The maximum absolute atomic E-state index is 12.0. The average molecular weight is 361 g/mol. The van der Waals surface area contributed by atoms with Crippen LogP contribution in [0.3, 0.4) is 0 Å². The molecule has 8 heteroatoms. The fourth-order valence-corrected chi connectivity index (χ4v) is 2.80. The second-order valence-electron chi connectivity index (χ2n) is 4.88. The first-order chi connectivity index (χ1) is 11.6. The standard InChI is InChI=1S/C16H13ClN4O2S/c17-10-3-5-11(6-4-10)19-15(22)9-18-16(23)13-8-12(20-21-13)14-2-1-7-24-14/h1-8H,9H2,(H,18,23)(H,19,22)(H,20,21). The van der Waals surface area contributed by atoms with Gasteiger partial charge in [-0.3, -0.25) is 14.7 Å². The van der Waals surface area contributed by atoms with Crippen molar-refractivity contribution in [3.63, 3.8) is 0 Å². The van der Waals surface area contributed by atoms with Gasteiger partial charge >= 0.3 is 0 Å². The normalized spacial score (nSPS) is 10.4. The lowest BCUT2D eigenvalue weighted by Gasteiger charge is -2.06. The van der Waals surface area contributed by atoms with Crippen molar-refractivity contribution in [1.82, 2.24) is 15.5 Å². The van der Waals surface area contributed by atoms with Crippen LogP contribution in [0.4, 0.5) is 5.69 Å². The van der Waals surface area contributed by atoms with Crippen molar-refractivity contribution in [3.05, 3.63) is 58.6 Å². The average Bonchev–Trinajstić information content (AvgIpc) is 3.25. The Morgan fingerprint density at radius 2 is 2.00 bits per heavy atom. The molecule has 3 aromatic rings. The Morgan fingerprint density at radius 1 is 1.21 bits per heavy atom. The maximum Gasteiger partial charge on any atom is 0.272 e. The second-order valence-corrected chi connectivity index (χ2v) is 6.27. The van der Waals surface area contributed by atoms with Crippen LogP contribution in [0.25, 0.3) is 10.6 Å². The van der Waals surface area contributed by atoms with E-state index in [9.17, 15) is 9.59 Å². The van der Waals surface area contributed by atoms with Crippen LogP contribution in [-0.2, 0) is 4.79 Å². The quantitative estimate of drug-likeness (QED) is 0.653. The SMILES string of the molecule is O=C(CNC(=O)c1cc(-c2cccs2)[nH]n1)Nc1ccc(Cl)cc1. The Labute approximate surface area is 146 Å². The first-order valence-electron chi connectivity index (χ1n) is 7.05. The molecule has 24 heavy (non-hydrogen) atoms. The third-order valence-electron chi connectivity index (χ3n) is 3.13. The molecule has 0 aliphatic rings. The van der Waals surface area contributed by atoms with E-state index in [4.69, 9.17) is 11.6 Å². The van der Waals surface area contributed by atoms with Gasteiger partial charge < -0.3 is 10.6 Å². The van der Waals surface area contributed by atoms with E-state index in [0.29, 0.717) is 10.7 Å². The van der Waals surface area contributed by atoms with Crippen molar-refractivity contribution in [2.24, 2.45) is 0 Å². The number of carbonyl (C=O) groups is 2. The molecule has 2 heterocycles. The summed E-state index contributed by atoms with van der Waals surface area (Å²) in [4.78, 5) is 24.9. The summed E-state index contributed by atoms with van der Waals surface area (Å²) >= 11 is 7.32. The number of nitrogens with zero attached hydrogens (tertiary/aromatic N) is 1. The number of hydrogen-bond acceptors (Lipinski definition) is 4. The van der Waals surface area contributed by atoms with E-state index in [0.717, 1.165) is 10.6 Å². The van der Waals surface area contributed by atoms with Crippen molar-refractivity contribution in [2.75, 3.05) is 11.9 Å². The summed E-state index contributed by atoms with van der Waals surface area (Å²) in [5.74, 6) is -0.750. The van der Waals surface area contributed by atoms with Gasteiger partial charge in [-0.15, -0.1) is 11.3 Å². The van der Waals surface area contributed by atoms with E-state index < -0.39 is 5.91 Å². The van der Waals surface area contributed by atoms with E-state index in [1.54, 1.807) is 41.7 Å². The minimum Gasteiger partial charge on any atom is -0.342 e. The number of benzene rings is 1. The summed E-state index contributed by atoms with van der Waals surface area (Å²) < 4.78 is 0. The zero-order valence-corrected chi connectivity index (χ0v) is 13.9. The number of amides is 2. The van der Waals surface area contributed by atoms with E-state index in [-0.39, 0.29) is 18.1 Å². The molecule has 0 spiro atoms. The number of hydrogen-bond donors (Lipinski definition) is 3. The molecule has 1 aromatic carbocycles. The summed E-state index contributed by atoms with van der Waals surface area (Å²) in [6.45, 7) is -0.150. The van der Waals surface area contributed by atoms with Gasteiger partial charge in [-0.05, 0) is 41.8 Å². The van der Waals surface area contributed by atoms with Gasteiger partial charge in [0.1, 0.15) is 0 Å². The lowest BCUT2D eigenvalue weighted by atomic mass is 10.3. The molecule has 122 valence electrons. The van der Waals surface area contributed by atoms with Crippen molar-refractivity contribution < 1.29 is 9.59 Å². The number of aromatic amines is 1. The topological polar surface area (TPSA) is 86.9 Å².